The Kier molecular flexibility index (Phi) is 3.79. The molecule has 16 heavy (non-hydrogen) atoms. The monoisotopic (exact) mass is 283 g/mol. The van der Waals surface area contributed by atoms with Crippen LogP contribution in [0.5, 0.6) is 0 Å². The predicted molar refractivity (Wildman–Crippen MR) is 69.5 cm³/mol. The first-order valence-corrected chi connectivity index (χ1v) is 6.70. The van der Waals surface area contributed by atoms with Crippen LogP contribution >= 0.6 is 15.9 Å². The van der Waals surface area contributed by atoms with Gasteiger partial charge in [0.05, 0.1) is 0 Å². The maximum absolute atomic E-state index is 4.40. The van der Waals surface area contributed by atoms with Crippen molar-refractivity contribution in [1.82, 2.24) is 9.97 Å². The Balaban J connectivity index is 2.02. The number of hydrogen-bond acceptors (Lipinski definition) is 3. The number of nitrogens with one attached hydrogen (secondary N) is 1. The summed E-state index contributed by atoms with van der Waals surface area (Å²) in [6.07, 6.45) is 5.19. The first-order chi connectivity index (χ1) is 7.63. The minimum Gasteiger partial charge on any atom is -0.367 e. The number of nitrogens with zero attached hydrogens (tertiary/aromatic N) is 2. The SMILES string of the molecule is Cc1nc(Br)cc(NC2CCCC(C)C2)n1. The summed E-state index contributed by atoms with van der Waals surface area (Å²) in [5, 5.41) is 3.51. The van der Waals surface area contributed by atoms with Crippen LogP contribution in [0.1, 0.15) is 38.4 Å². The summed E-state index contributed by atoms with van der Waals surface area (Å²) in [5.41, 5.74) is 0. The number of aryl methyl sites for hydroxylation is 1. The Morgan fingerprint density at radius 1 is 1.38 bits per heavy atom. The van der Waals surface area contributed by atoms with Crippen LogP contribution in [0.4, 0.5) is 5.82 Å². The molecule has 1 heterocycles. The molecule has 0 aliphatic heterocycles. The van der Waals surface area contributed by atoms with Gasteiger partial charge in [-0.1, -0.05) is 19.8 Å². The number of halogens is 1. The minimum atomic E-state index is 0.574. The van der Waals surface area contributed by atoms with E-state index in [0.717, 1.165) is 22.2 Å². The van der Waals surface area contributed by atoms with Crippen molar-refractivity contribution in [2.24, 2.45) is 5.92 Å². The van der Waals surface area contributed by atoms with E-state index in [-0.39, 0.29) is 0 Å². The molecule has 1 aromatic rings. The van der Waals surface area contributed by atoms with Crippen LogP contribution in [0.2, 0.25) is 0 Å². The van der Waals surface area contributed by atoms with E-state index in [1.807, 2.05) is 13.0 Å². The third-order valence-corrected chi connectivity index (χ3v) is 3.50. The third-order valence-electron chi connectivity index (χ3n) is 3.10. The predicted octanol–water partition coefficient (Wildman–Crippen LogP) is 3.54. The van der Waals surface area contributed by atoms with Gasteiger partial charge in [0, 0.05) is 12.1 Å². The zero-order valence-corrected chi connectivity index (χ0v) is 11.4. The topological polar surface area (TPSA) is 37.8 Å². The second kappa shape index (κ2) is 5.13. The third kappa shape index (κ3) is 3.17. The summed E-state index contributed by atoms with van der Waals surface area (Å²) in [4.78, 5) is 8.61. The van der Waals surface area contributed by atoms with Gasteiger partial charge in [-0.15, -0.1) is 0 Å². The number of aromatic nitrogens is 2. The van der Waals surface area contributed by atoms with Gasteiger partial charge in [-0.25, -0.2) is 9.97 Å². The molecule has 0 amide bonds. The fraction of sp³-hybridized carbons (Fsp3) is 0.667. The van der Waals surface area contributed by atoms with Gasteiger partial charge in [-0.05, 0) is 41.6 Å². The molecule has 1 fully saturated rings. The molecule has 0 radical (unpaired) electrons. The Morgan fingerprint density at radius 3 is 2.88 bits per heavy atom. The lowest BCUT2D eigenvalue weighted by Crippen LogP contribution is -2.26. The normalized spacial score (nSPS) is 25.4. The zero-order chi connectivity index (χ0) is 11.5. The summed E-state index contributed by atoms with van der Waals surface area (Å²) in [5.74, 6) is 2.58. The molecule has 2 rings (SSSR count). The molecule has 2 unspecified atom stereocenters. The average molecular weight is 284 g/mol. The summed E-state index contributed by atoms with van der Waals surface area (Å²) < 4.78 is 0.853. The van der Waals surface area contributed by atoms with Gasteiger partial charge in [0.1, 0.15) is 16.2 Å². The lowest BCUT2D eigenvalue weighted by molar-refractivity contribution is 0.358. The molecule has 1 N–H and O–H groups in total. The Hall–Kier alpha value is -0.640. The first kappa shape index (κ1) is 11.8. The highest BCUT2D eigenvalue weighted by molar-refractivity contribution is 9.10. The van der Waals surface area contributed by atoms with Gasteiger partial charge in [0.2, 0.25) is 0 Å². The number of rotatable bonds is 2. The van der Waals surface area contributed by atoms with Gasteiger partial charge in [-0.2, -0.15) is 0 Å². The van der Waals surface area contributed by atoms with E-state index >= 15 is 0 Å². The average Bonchev–Trinajstić information content (AvgIpc) is 2.15. The van der Waals surface area contributed by atoms with Crippen LogP contribution in [-0.2, 0) is 0 Å². The highest BCUT2D eigenvalue weighted by Crippen LogP contribution is 2.26. The van der Waals surface area contributed by atoms with E-state index in [4.69, 9.17) is 0 Å². The van der Waals surface area contributed by atoms with Crippen molar-refractivity contribution in [3.8, 4) is 0 Å². The van der Waals surface area contributed by atoms with Crippen molar-refractivity contribution >= 4 is 21.7 Å². The Labute approximate surface area is 105 Å². The van der Waals surface area contributed by atoms with Crippen LogP contribution in [0.3, 0.4) is 0 Å². The molecule has 2 atom stereocenters. The second-order valence-electron chi connectivity index (χ2n) is 4.74. The quantitative estimate of drug-likeness (QED) is 0.844. The molecule has 1 aromatic heterocycles. The molecule has 1 aliphatic rings. The molecule has 3 nitrogen and oxygen atoms in total. The van der Waals surface area contributed by atoms with E-state index in [0.29, 0.717) is 6.04 Å². The lowest BCUT2D eigenvalue weighted by atomic mass is 9.87. The van der Waals surface area contributed by atoms with Crippen LogP contribution < -0.4 is 5.32 Å². The highest BCUT2D eigenvalue weighted by atomic mass is 79.9. The Morgan fingerprint density at radius 2 is 2.19 bits per heavy atom. The van der Waals surface area contributed by atoms with E-state index in [2.05, 4.69) is 38.1 Å². The molecule has 0 spiro atoms. The standard InChI is InChI=1S/C12H18BrN3/c1-8-4-3-5-10(6-8)16-12-7-11(13)14-9(2)15-12/h7-8,10H,3-6H2,1-2H3,(H,14,15,16). The van der Waals surface area contributed by atoms with Gasteiger partial charge >= 0.3 is 0 Å². The van der Waals surface area contributed by atoms with Gasteiger partial charge in [0.15, 0.2) is 0 Å². The molecule has 0 aromatic carbocycles. The molecule has 4 heteroatoms. The molecule has 88 valence electrons. The molecular formula is C12H18BrN3. The van der Waals surface area contributed by atoms with Crippen LogP contribution in [0.25, 0.3) is 0 Å². The number of hydrogen-bond donors (Lipinski definition) is 1. The molecular weight excluding hydrogens is 266 g/mol. The van der Waals surface area contributed by atoms with Crippen LogP contribution in [0.15, 0.2) is 10.7 Å². The smallest absolute Gasteiger partial charge is 0.131 e. The summed E-state index contributed by atoms with van der Waals surface area (Å²) in [6.45, 7) is 4.24. The maximum Gasteiger partial charge on any atom is 0.131 e. The fourth-order valence-corrected chi connectivity index (χ4v) is 2.85. The summed E-state index contributed by atoms with van der Waals surface area (Å²) in [7, 11) is 0. The van der Waals surface area contributed by atoms with Crippen molar-refractivity contribution < 1.29 is 0 Å². The molecule has 1 saturated carbocycles. The lowest BCUT2D eigenvalue weighted by Gasteiger charge is -2.27. The van der Waals surface area contributed by atoms with Crippen molar-refractivity contribution in [3.05, 3.63) is 16.5 Å². The van der Waals surface area contributed by atoms with Crippen LogP contribution in [-0.4, -0.2) is 16.0 Å². The largest absolute Gasteiger partial charge is 0.367 e. The first-order valence-electron chi connectivity index (χ1n) is 5.91. The van der Waals surface area contributed by atoms with Crippen molar-refractivity contribution in [2.75, 3.05) is 5.32 Å². The van der Waals surface area contributed by atoms with Gasteiger partial charge < -0.3 is 5.32 Å². The van der Waals surface area contributed by atoms with E-state index in [9.17, 15) is 0 Å². The van der Waals surface area contributed by atoms with Crippen LogP contribution in [0, 0.1) is 12.8 Å². The van der Waals surface area contributed by atoms with Crippen molar-refractivity contribution in [2.45, 2.75) is 45.6 Å². The maximum atomic E-state index is 4.40. The van der Waals surface area contributed by atoms with Gasteiger partial charge in [0.25, 0.3) is 0 Å². The van der Waals surface area contributed by atoms with Gasteiger partial charge in [-0.3, -0.25) is 0 Å². The summed E-state index contributed by atoms with van der Waals surface area (Å²) in [6, 6.07) is 2.52. The van der Waals surface area contributed by atoms with E-state index < -0.39 is 0 Å². The summed E-state index contributed by atoms with van der Waals surface area (Å²) >= 11 is 3.40. The Bertz CT molecular complexity index is 347. The second-order valence-corrected chi connectivity index (χ2v) is 5.55. The fourth-order valence-electron chi connectivity index (χ4n) is 2.38. The molecule has 0 saturated heterocycles. The van der Waals surface area contributed by atoms with Crippen molar-refractivity contribution in [1.29, 1.82) is 0 Å². The van der Waals surface area contributed by atoms with E-state index in [1.165, 1.54) is 25.7 Å². The zero-order valence-electron chi connectivity index (χ0n) is 9.83. The molecule has 0 bridgehead atoms. The molecule has 1 aliphatic carbocycles. The van der Waals surface area contributed by atoms with E-state index in [1.54, 1.807) is 0 Å². The number of anilines is 1. The minimum absolute atomic E-state index is 0.574. The highest BCUT2D eigenvalue weighted by Gasteiger charge is 2.18. The van der Waals surface area contributed by atoms with Crippen molar-refractivity contribution in [3.63, 3.8) is 0 Å².